The standard InChI is InChI=1S/C20H21N5/c21-19-18-17(15-6-7-16-14(12-15)8-9-22-16)24-20(25(18)11-10-23-19)13-4-2-1-3-5-13/h6-13,22H,1-5H2,(H2,21,23). The number of hydrogen-bond acceptors (Lipinski definition) is 3. The number of benzene rings is 1. The highest BCUT2D eigenvalue weighted by atomic mass is 15.1. The number of nitrogens with zero attached hydrogens (tertiary/aromatic N) is 3. The first kappa shape index (κ1) is 14.5. The van der Waals surface area contributed by atoms with E-state index in [1.807, 2.05) is 12.4 Å². The van der Waals surface area contributed by atoms with Gasteiger partial charge in [-0.2, -0.15) is 0 Å². The zero-order valence-electron chi connectivity index (χ0n) is 14.1. The van der Waals surface area contributed by atoms with Crippen LogP contribution in [0.3, 0.4) is 0 Å². The highest BCUT2D eigenvalue weighted by Crippen LogP contribution is 2.37. The van der Waals surface area contributed by atoms with Gasteiger partial charge in [-0.3, -0.25) is 4.40 Å². The van der Waals surface area contributed by atoms with E-state index in [9.17, 15) is 0 Å². The molecule has 5 rings (SSSR count). The molecule has 5 nitrogen and oxygen atoms in total. The van der Waals surface area contributed by atoms with Crippen LogP contribution in [-0.4, -0.2) is 19.4 Å². The van der Waals surface area contributed by atoms with Gasteiger partial charge in [0.1, 0.15) is 22.9 Å². The summed E-state index contributed by atoms with van der Waals surface area (Å²) in [6, 6.07) is 8.47. The van der Waals surface area contributed by atoms with Crippen LogP contribution in [0.25, 0.3) is 27.7 Å². The Morgan fingerprint density at radius 1 is 1.12 bits per heavy atom. The minimum atomic E-state index is 0.507. The van der Waals surface area contributed by atoms with Crippen molar-refractivity contribution in [3.63, 3.8) is 0 Å². The minimum absolute atomic E-state index is 0.507. The van der Waals surface area contributed by atoms with E-state index in [4.69, 9.17) is 10.7 Å². The van der Waals surface area contributed by atoms with Gasteiger partial charge in [-0.1, -0.05) is 25.3 Å². The third kappa shape index (κ3) is 2.30. The van der Waals surface area contributed by atoms with E-state index in [1.54, 1.807) is 6.20 Å². The Morgan fingerprint density at radius 2 is 2.00 bits per heavy atom. The fourth-order valence-corrected chi connectivity index (χ4v) is 4.14. The molecule has 0 atom stereocenters. The fraction of sp³-hybridized carbons (Fsp3) is 0.300. The number of nitrogen functional groups attached to an aromatic ring is 1. The van der Waals surface area contributed by atoms with E-state index in [2.05, 4.69) is 38.6 Å². The monoisotopic (exact) mass is 331 g/mol. The molecule has 0 spiro atoms. The smallest absolute Gasteiger partial charge is 0.150 e. The second-order valence-corrected chi connectivity index (χ2v) is 6.96. The summed E-state index contributed by atoms with van der Waals surface area (Å²) in [5, 5.41) is 1.18. The van der Waals surface area contributed by atoms with Gasteiger partial charge in [0.25, 0.3) is 0 Å². The van der Waals surface area contributed by atoms with Crippen LogP contribution in [0.4, 0.5) is 5.82 Å². The van der Waals surface area contributed by atoms with Gasteiger partial charge < -0.3 is 10.7 Å². The molecule has 3 heterocycles. The van der Waals surface area contributed by atoms with Gasteiger partial charge in [-0.05, 0) is 31.0 Å². The van der Waals surface area contributed by atoms with E-state index in [-0.39, 0.29) is 0 Å². The van der Waals surface area contributed by atoms with E-state index in [0.29, 0.717) is 11.7 Å². The molecule has 0 bridgehead atoms. The average Bonchev–Trinajstić information content (AvgIpc) is 3.27. The predicted molar refractivity (Wildman–Crippen MR) is 101 cm³/mol. The lowest BCUT2D eigenvalue weighted by atomic mass is 9.89. The van der Waals surface area contributed by atoms with Crippen molar-refractivity contribution in [3.05, 3.63) is 48.7 Å². The van der Waals surface area contributed by atoms with Crippen LogP contribution < -0.4 is 5.73 Å². The number of rotatable bonds is 2. The summed E-state index contributed by atoms with van der Waals surface area (Å²) in [6.45, 7) is 0. The van der Waals surface area contributed by atoms with Gasteiger partial charge >= 0.3 is 0 Å². The molecule has 25 heavy (non-hydrogen) atoms. The fourth-order valence-electron chi connectivity index (χ4n) is 4.14. The summed E-state index contributed by atoms with van der Waals surface area (Å²) in [6.07, 6.45) is 12.0. The van der Waals surface area contributed by atoms with Crippen LogP contribution in [-0.2, 0) is 0 Å². The van der Waals surface area contributed by atoms with Gasteiger partial charge in [0.2, 0.25) is 0 Å². The van der Waals surface area contributed by atoms with Gasteiger partial charge in [-0.25, -0.2) is 9.97 Å². The lowest BCUT2D eigenvalue weighted by molar-refractivity contribution is 0.428. The number of anilines is 1. The Labute approximate surface area is 145 Å². The second-order valence-electron chi connectivity index (χ2n) is 6.96. The number of hydrogen-bond donors (Lipinski definition) is 2. The van der Waals surface area contributed by atoms with Crippen LogP contribution >= 0.6 is 0 Å². The summed E-state index contributed by atoms with van der Waals surface area (Å²) in [4.78, 5) is 12.6. The Bertz CT molecular complexity index is 1050. The number of nitrogens with two attached hydrogens (primary N) is 1. The van der Waals surface area contributed by atoms with Crippen LogP contribution in [0.1, 0.15) is 43.8 Å². The molecule has 1 aromatic carbocycles. The average molecular weight is 331 g/mol. The predicted octanol–water partition coefficient (Wildman–Crippen LogP) is 4.51. The quantitative estimate of drug-likeness (QED) is 0.568. The van der Waals surface area contributed by atoms with Gasteiger partial charge in [0.15, 0.2) is 0 Å². The van der Waals surface area contributed by atoms with Crippen molar-refractivity contribution in [2.75, 3.05) is 5.73 Å². The minimum Gasteiger partial charge on any atom is -0.382 e. The van der Waals surface area contributed by atoms with Crippen LogP contribution in [0, 0.1) is 0 Å². The van der Waals surface area contributed by atoms with Gasteiger partial charge in [0.05, 0.1) is 0 Å². The molecule has 3 aromatic heterocycles. The lowest BCUT2D eigenvalue weighted by Crippen LogP contribution is -2.09. The summed E-state index contributed by atoms with van der Waals surface area (Å²) in [7, 11) is 0. The maximum atomic E-state index is 6.25. The third-order valence-corrected chi connectivity index (χ3v) is 5.41. The van der Waals surface area contributed by atoms with Gasteiger partial charge in [-0.15, -0.1) is 0 Å². The molecular weight excluding hydrogens is 310 g/mol. The van der Waals surface area contributed by atoms with Crippen molar-refractivity contribution in [1.82, 2.24) is 19.4 Å². The maximum Gasteiger partial charge on any atom is 0.150 e. The number of imidazole rings is 1. The SMILES string of the molecule is Nc1nccn2c(C3CCCCC3)nc(-c3ccc4[nH]ccc4c3)c12. The van der Waals surface area contributed by atoms with Crippen molar-refractivity contribution < 1.29 is 0 Å². The summed E-state index contributed by atoms with van der Waals surface area (Å²) in [5.74, 6) is 2.18. The van der Waals surface area contributed by atoms with E-state index in [1.165, 1.54) is 37.5 Å². The third-order valence-electron chi connectivity index (χ3n) is 5.41. The van der Waals surface area contributed by atoms with E-state index in [0.717, 1.165) is 28.1 Å². The van der Waals surface area contributed by atoms with Crippen molar-refractivity contribution in [3.8, 4) is 11.3 Å². The second kappa shape index (κ2) is 5.62. The van der Waals surface area contributed by atoms with E-state index >= 15 is 0 Å². The first-order valence-electron chi connectivity index (χ1n) is 9.01. The molecule has 0 amide bonds. The van der Waals surface area contributed by atoms with Gasteiger partial charge in [0, 0.05) is 41.0 Å². The molecule has 3 N–H and O–H groups in total. The molecule has 1 aliphatic rings. The maximum absolute atomic E-state index is 6.25. The first-order chi connectivity index (χ1) is 12.3. The molecule has 0 aliphatic heterocycles. The van der Waals surface area contributed by atoms with Crippen molar-refractivity contribution in [2.24, 2.45) is 0 Å². The lowest BCUT2D eigenvalue weighted by Gasteiger charge is -2.20. The number of H-pyrrole nitrogens is 1. The number of aromatic amines is 1. The Morgan fingerprint density at radius 3 is 2.88 bits per heavy atom. The molecule has 4 aromatic rings. The molecule has 1 saturated carbocycles. The highest BCUT2D eigenvalue weighted by molar-refractivity contribution is 5.91. The number of fused-ring (bicyclic) bond motifs is 2. The van der Waals surface area contributed by atoms with Crippen molar-refractivity contribution in [1.29, 1.82) is 0 Å². The van der Waals surface area contributed by atoms with Crippen LogP contribution in [0.15, 0.2) is 42.9 Å². The Balaban J connectivity index is 1.74. The van der Waals surface area contributed by atoms with E-state index < -0.39 is 0 Å². The normalized spacial score (nSPS) is 16.0. The molecule has 126 valence electrons. The van der Waals surface area contributed by atoms with Crippen molar-refractivity contribution >= 4 is 22.2 Å². The Kier molecular flexibility index (Phi) is 3.26. The Hall–Kier alpha value is -2.82. The van der Waals surface area contributed by atoms with Crippen LogP contribution in [0.5, 0.6) is 0 Å². The first-order valence-corrected chi connectivity index (χ1v) is 9.01. The number of nitrogens with one attached hydrogen (secondary N) is 1. The zero-order chi connectivity index (χ0) is 16.8. The van der Waals surface area contributed by atoms with Crippen LogP contribution in [0.2, 0.25) is 0 Å². The topological polar surface area (TPSA) is 72.0 Å². The molecule has 5 heteroatoms. The van der Waals surface area contributed by atoms with Crippen molar-refractivity contribution in [2.45, 2.75) is 38.0 Å². The molecular formula is C20H21N5. The molecule has 0 saturated heterocycles. The molecule has 1 aliphatic carbocycles. The summed E-state index contributed by atoms with van der Waals surface area (Å²) in [5.41, 5.74) is 10.3. The summed E-state index contributed by atoms with van der Waals surface area (Å²) >= 11 is 0. The molecule has 1 fully saturated rings. The zero-order valence-corrected chi connectivity index (χ0v) is 14.1. The number of aromatic nitrogens is 4. The summed E-state index contributed by atoms with van der Waals surface area (Å²) < 4.78 is 2.16. The molecule has 0 radical (unpaired) electrons. The highest BCUT2D eigenvalue weighted by Gasteiger charge is 2.24. The molecule has 0 unspecified atom stereocenters. The largest absolute Gasteiger partial charge is 0.382 e.